The summed E-state index contributed by atoms with van der Waals surface area (Å²) >= 11 is 1.17. The van der Waals surface area contributed by atoms with E-state index in [-0.39, 0.29) is 40.6 Å². The van der Waals surface area contributed by atoms with E-state index in [1.165, 1.54) is 30.2 Å². The maximum absolute atomic E-state index is 15.0. The molecule has 2 aliphatic rings. The molecule has 0 amide bonds. The summed E-state index contributed by atoms with van der Waals surface area (Å²) in [6.45, 7) is 1.72. The van der Waals surface area contributed by atoms with Crippen molar-refractivity contribution in [2.24, 2.45) is 16.6 Å². The van der Waals surface area contributed by atoms with Crippen LogP contribution in [0.4, 0.5) is 20.3 Å². The van der Waals surface area contributed by atoms with Gasteiger partial charge in [0.15, 0.2) is 29.2 Å². The fourth-order valence-corrected chi connectivity index (χ4v) is 5.57. The number of nitrogens with one attached hydrogen (secondary N) is 1. The summed E-state index contributed by atoms with van der Waals surface area (Å²) < 4.78 is 34.3. The van der Waals surface area contributed by atoms with Crippen molar-refractivity contribution in [2.75, 3.05) is 11.9 Å². The second kappa shape index (κ2) is 7.82. The number of nitrogens with two attached hydrogens (primary N) is 1. The summed E-state index contributed by atoms with van der Waals surface area (Å²) in [5, 5.41) is 12.8. The number of rotatable bonds is 5. The minimum atomic E-state index is -1.19. The molecule has 1 aliphatic carbocycles. The predicted octanol–water partition coefficient (Wildman–Crippen LogP) is 3.62. The zero-order chi connectivity index (χ0) is 24.1. The molecule has 8 nitrogen and oxygen atoms in total. The van der Waals surface area contributed by atoms with Crippen LogP contribution in [-0.4, -0.2) is 31.5 Å². The standard InChI is InChI=1S/C23H17F2N7OS/c1-3-6-33-17-10-29-19-15(31-17)4-5-28-20(19)30-12-7-13(18(25)14(24)8-12)22(2)16-9-23(16,11-26)34-21(27)32-22/h1,4-5,7-8,10,16H,6,9H2,2H3,(H2,27,32)(H,28,30)/t16-,22+,23+/m0/s1. The number of hydrogen-bond acceptors (Lipinski definition) is 9. The molecular formula is C23H17F2N7OS. The minimum absolute atomic E-state index is 0.0108. The summed E-state index contributed by atoms with van der Waals surface area (Å²) in [4.78, 5) is 17.4. The van der Waals surface area contributed by atoms with Crippen LogP contribution in [0.25, 0.3) is 11.0 Å². The molecule has 0 bridgehead atoms. The lowest BCUT2D eigenvalue weighted by atomic mass is 9.85. The number of aromatic nitrogens is 3. The molecule has 0 saturated heterocycles. The topological polar surface area (TPSA) is 122 Å². The first kappa shape index (κ1) is 21.9. The lowest BCUT2D eigenvalue weighted by molar-refractivity contribution is 0.355. The van der Waals surface area contributed by atoms with Crippen molar-refractivity contribution in [1.82, 2.24) is 15.0 Å². The quantitative estimate of drug-likeness (QED) is 0.535. The van der Waals surface area contributed by atoms with E-state index in [0.717, 1.165) is 6.07 Å². The van der Waals surface area contributed by atoms with Crippen molar-refractivity contribution >= 4 is 39.5 Å². The van der Waals surface area contributed by atoms with Crippen molar-refractivity contribution < 1.29 is 13.5 Å². The lowest BCUT2D eigenvalue weighted by Gasteiger charge is -2.32. The fraction of sp³-hybridized carbons (Fsp3) is 0.261. The molecule has 3 atom stereocenters. The van der Waals surface area contributed by atoms with Gasteiger partial charge in [-0.1, -0.05) is 17.7 Å². The molecule has 3 N–H and O–H groups in total. The largest absolute Gasteiger partial charge is 0.463 e. The van der Waals surface area contributed by atoms with E-state index in [0.29, 0.717) is 17.5 Å². The van der Waals surface area contributed by atoms with E-state index in [9.17, 15) is 9.65 Å². The van der Waals surface area contributed by atoms with Crippen molar-refractivity contribution in [3.63, 3.8) is 0 Å². The number of benzene rings is 1. The molecule has 1 aromatic carbocycles. The van der Waals surface area contributed by atoms with Crippen LogP contribution >= 0.6 is 11.8 Å². The number of ether oxygens (including phenoxy) is 1. The van der Waals surface area contributed by atoms with Gasteiger partial charge in [-0.25, -0.2) is 23.7 Å². The van der Waals surface area contributed by atoms with Gasteiger partial charge in [-0.05, 0) is 25.5 Å². The number of nitrogens with zero attached hydrogens (tertiary/aromatic N) is 5. The first-order valence-electron chi connectivity index (χ1n) is 10.2. The highest BCUT2D eigenvalue weighted by atomic mass is 32.2. The van der Waals surface area contributed by atoms with Crippen LogP contribution in [0.1, 0.15) is 18.9 Å². The highest BCUT2D eigenvalue weighted by molar-refractivity contribution is 8.15. The van der Waals surface area contributed by atoms with Crippen LogP contribution in [0.3, 0.4) is 0 Å². The predicted molar refractivity (Wildman–Crippen MR) is 124 cm³/mol. The van der Waals surface area contributed by atoms with Gasteiger partial charge in [-0.2, -0.15) is 5.26 Å². The third-order valence-corrected chi connectivity index (χ3v) is 7.19. The Kier molecular flexibility index (Phi) is 5.03. The van der Waals surface area contributed by atoms with Crippen LogP contribution in [0.2, 0.25) is 0 Å². The maximum Gasteiger partial charge on any atom is 0.233 e. The molecule has 1 aliphatic heterocycles. The number of fused-ring (bicyclic) bond motifs is 2. The van der Waals surface area contributed by atoms with Gasteiger partial charge in [0, 0.05) is 29.4 Å². The van der Waals surface area contributed by atoms with Crippen LogP contribution < -0.4 is 15.8 Å². The number of nitriles is 1. The van der Waals surface area contributed by atoms with Gasteiger partial charge in [0.25, 0.3) is 0 Å². The van der Waals surface area contributed by atoms with Gasteiger partial charge in [-0.3, -0.25) is 4.99 Å². The highest BCUT2D eigenvalue weighted by Crippen LogP contribution is 2.65. The van der Waals surface area contributed by atoms with E-state index in [1.54, 1.807) is 13.0 Å². The van der Waals surface area contributed by atoms with E-state index in [1.807, 2.05) is 0 Å². The Balaban J connectivity index is 1.54. The Bertz CT molecular complexity index is 1450. The van der Waals surface area contributed by atoms with Gasteiger partial charge in [-0.15, -0.1) is 6.42 Å². The van der Waals surface area contributed by atoms with E-state index in [2.05, 4.69) is 37.3 Å². The molecule has 3 aromatic rings. The lowest BCUT2D eigenvalue weighted by Crippen LogP contribution is -2.35. The van der Waals surface area contributed by atoms with Gasteiger partial charge < -0.3 is 15.8 Å². The summed E-state index contributed by atoms with van der Waals surface area (Å²) in [6.07, 6.45) is 8.58. The van der Waals surface area contributed by atoms with Crippen molar-refractivity contribution in [3.8, 4) is 24.3 Å². The Morgan fingerprint density at radius 3 is 2.97 bits per heavy atom. The average molecular weight is 478 g/mol. The normalized spacial score (nSPS) is 25.0. The van der Waals surface area contributed by atoms with Crippen molar-refractivity contribution in [3.05, 3.63) is 47.8 Å². The first-order chi connectivity index (χ1) is 16.3. The molecule has 34 heavy (non-hydrogen) atoms. The Hall–Kier alpha value is -3.96. The van der Waals surface area contributed by atoms with Crippen molar-refractivity contribution in [2.45, 2.75) is 23.6 Å². The number of thioether (sulfide) groups is 1. The highest BCUT2D eigenvalue weighted by Gasteiger charge is 2.67. The van der Waals surface area contributed by atoms with E-state index in [4.69, 9.17) is 16.9 Å². The molecular weight excluding hydrogens is 460 g/mol. The minimum Gasteiger partial charge on any atom is -0.463 e. The van der Waals surface area contributed by atoms with Crippen LogP contribution in [-0.2, 0) is 5.54 Å². The summed E-state index contributed by atoms with van der Waals surface area (Å²) in [6, 6.07) is 6.38. The van der Waals surface area contributed by atoms with Gasteiger partial charge in [0.1, 0.15) is 10.3 Å². The number of hydrogen-bond donors (Lipinski definition) is 2. The third kappa shape index (κ3) is 3.45. The van der Waals surface area contributed by atoms with E-state index >= 15 is 4.39 Å². The maximum atomic E-state index is 15.0. The SMILES string of the molecule is C#CCOc1cnc2c(Nc3cc(F)c(F)c([C@@]4(C)N=C(N)S[C@@]5(C#N)C[C@H]54)c3)nccc2n1. The monoisotopic (exact) mass is 477 g/mol. The van der Waals surface area contributed by atoms with Gasteiger partial charge >= 0.3 is 0 Å². The zero-order valence-electron chi connectivity index (χ0n) is 17.8. The zero-order valence-corrected chi connectivity index (χ0v) is 18.7. The molecule has 170 valence electrons. The Morgan fingerprint density at radius 1 is 1.38 bits per heavy atom. The molecule has 11 heteroatoms. The van der Waals surface area contributed by atoms with Crippen molar-refractivity contribution in [1.29, 1.82) is 5.26 Å². The number of aliphatic imine (C=N–C) groups is 1. The number of terminal acetylenes is 1. The molecule has 5 rings (SSSR count). The van der Waals surface area contributed by atoms with Gasteiger partial charge in [0.05, 0.1) is 23.3 Å². The second-order valence-corrected chi connectivity index (χ2v) is 9.48. The Morgan fingerprint density at radius 2 is 2.21 bits per heavy atom. The van der Waals surface area contributed by atoms with Crippen LogP contribution in [0, 0.1) is 41.2 Å². The number of halogens is 2. The summed E-state index contributed by atoms with van der Waals surface area (Å²) in [7, 11) is 0. The summed E-state index contributed by atoms with van der Waals surface area (Å²) in [5.74, 6) is 0.500. The number of anilines is 2. The number of pyridine rings is 1. The Labute approximate surface area is 197 Å². The van der Waals surface area contributed by atoms with Crippen LogP contribution in [0.5, 0.6) is 5.88 Å². The molecule has 3 heterocycles. The molecule has 0 unspecified atom stereocenters. The summed E-state index contributed by atoms with van der Waals surface area (Å²) in [5.41, 5.74) is 5.89. The molecule has 2 aromatic heterocycles. The van der Waals surface area contributed by atoms with E-state index < -0.39 is 21.9 Å². The smallest absolute Gasteiger partial charge is 0.233 e. The molecule has 1 fully saturated rings. The third-order valence-electron chi connectivity index (χ3n) is 5.98. The molecule has 0 spiro atoms. The van der Waals surface area contributed by atoms with Gasteiger partial charge in [0.2, 0.25) is 5.88 Å². The fourth-order valence-electron chi connectivity index (χ4n) is 4.29. The average Bonchev–Trinajstić information content (AvgIpc) is 3.56. The first-order valence-corrected chi connectivity index (χ1v) is 11.0. The molecule has 1 saturated carbocycles. The molecule has 0 radical (unpaired) electrons. The number of amidine groups is 1. The van der Waals surface area contributed by atoms with Crippen LogP contribution in [0.15, 0.2) is 35.6 Å². The second-order valence-electron chi connectivity index (χ2n) is 8.13.